The minimum absolute atomic E-state index is 0.00799. The number of hydrogen-bond acceptors (Lipinski definition) is 6. The quantitative estimate of drug-likeness (QED) is 0.442. The summed E-state index contributed by atoms with van der Waals surface area (Å²) in [5.41, 5.74) is 0.953. The van der Waals surface area contributed by atoms with Gasteiger partial charge in [0.2, 0.25) is 10.0 Å². The Morgan fingerprint density at radius 2 is 1.59 bits per heavy atom. The number of para-hydroxylation sites is 2. The number of Topliss-reactive ketones (excluding diaryl/α,β-unsaturated/α-hetero) is 1. The normalized spacial score (nSPS) is 15.5. The smallest absolute Gasteiger partial charge is 0.292 e. The van der Waals surface area contributed by atoms with Crippen molar-refractivity contribution in [2.75, 3.05) is 31.1 Å². The van der Waals surface area contributed by atoms with Crippen LogP contribution < -0.4 is 4.90 Å². The molecule has 27 heavy (non-hydrogen) atoms. The Bertz CT molecular complexity index is 965. The van der Waals surface area contributed by atoms with Gasteiger partial charge >= 0.3 is 0 Å². The van der Waals surface area contributed by atoms with Crippen molar-refractivity contribution in [1.82, 2.24) is 4.31 Å². The summed E-state index contributed by atoms with van der Waals surface area (Å²) in [5.74, 6) is -0.128. The van der Waals surface area contributed by atoms with E-state index in [2.05, 4.69) is 0 Å². The molecule has 1 heterocycles. The maximum absolute atomic E-state index is 12.8. The van der Waals surface area contributed by atoms with Gasteiger partial charge in [-0.2, -0.15) is 4.31 Å². The molecule has 2 aromatic carbocycles. The molecule has 9 heteroatoms. The number of nitrogens with zero attached hydrogens (tertiary/aromatic N) is 3. The molecule has 1 fully saturated rings. The van der Waals surface area contributed by atoms with E-state index in [1.54, 1.807) is 18.2 Å². The molecule has 0 saturated carbocycles. The fraction of sp³-hybridized carbons (Fsp3) is 0.278. The highest BCUT2D eigenvalue weighted by atomic mass is 32.2. The topological polar surface area (TPSA) is 101 Å². The first-order chi connectivity index (χ1) is 12.8. The van der Waals surface area contributed by atoms with Gasteiger partial charge in [-0.1, -0.05) is 24.3 Å². The number of nitro benzene ring substituents is 1. The number of ketones is 1. The van der Waals surface area contributed by atoms with E-state index >= 15 is 0 Å². The molecule has 0 bridgehead atoms. The molecule has 0 amide bonds. The largest absolute Gasteiger partial charge is 0.363 e. The lowest BCUT2D eigenvalue weighted by Crippen LogP contribution is -2.48. The molecule has 142 valence electrons. The van der Waals surface area contributed by atoms with Crippen LogP contribution in [0.1, 0.15) is 17.3 Å². The Kier molecular flexibility index (Phi) is 5.24. The summed E-state index contributed by atoms with van der Waals surface area (Å²) >= 11 is 0. The maximum atomic E-state index is 12.8. The van der Waals surface area contributed by atoms with Crippen LogP contribution in [0.15, 0.2) is 53.4 Å². The van der Waals surface area contributed by atoms with Crippen molar-refractivity contribution < 1.29 is 18.1 Å². The lowest BCUT2D eigenvalue weighted by molar-refractivity contribution is -0.384. The number of piperazine rings is 1. The molecular formula is C18H19N3O5S. The second-order valence-corrected chi connectivity index (χ2v) is 8.16. The zero-order chi connectivity index (χ0) is 19.6. The predicted octanol–water partition coefficient (Wildman–Crippen LogP) is 2.31. The number of hydrogen-bond donors (Lipinski definition) is 0. The first kappa shape index (κ1) is 19.0. The third-order valence-corrected chi connectivity index (χ3v) is 6.47. The number of benzene rings is 2. The molecule has 1 aliphatic heterocycles. The average molecular weight is 389 g/mol. The van der Waals surface area contributed by atoms with Crippen LogP contribution in [0.5, 0.6) is 0 Å². The molecule has 0 atom stereocenters. The predicted molar refractivity (Wildman–Crippen MR) is 101 cm³/mol. The van der Waals surface area contributed by atoms with E-state index in [9.17, 15) is 23.3 Å². The van der Waals surface area contributed by atoms with Gasteiger partial charge in [0.1, 0.15) is 5.69 Å². The molecule has 2 aromatic rings. The third-order valence-electron chi connectivity index (χ3n) is 4.56. The van der Waals surface area contributed by atoms with Gasteiger partial charge in [0.25, 0.3) is 5.69 Å². The summed E-state index contributed by atoms with van der Waals surface area (Å²) in [5, 5.41) is 11.2. The molecule has 8 nitrogen and oxygen atoms in total. The Labute approximate surface area is 157 Å². The Morgan fingerprint density at radius 3 is 2.15 bits per heavy atom. The highest BCUT2D eigenvalue weighted by Gasteiger charge is 2.30. The van der Waals surface area contributed by atoms with Crippen molar-refractivity contribution in [3.8, 4) is 0 Å². The van der Waals surface area contributed by atoms with E-state index in [4.69, 9.17) is 0 Å². The van der Waals surface area contributed by atoms with Gasteiger partial charge in [0.05, 0.1) is 9.82 Å². The monoisotopic (exact) mass is 389 g/mol. The molecule has 0 spiro atoms. The second kappa shape index (κ2) is 7.45. The highest BCUT2D eigenvalue weighted by molar-refractivity contribution is 7.89. The molecule has 1 aliphatic rings. The van der Waals surface area contributed by atoms with Crippen molar-refractivity contribution in [2.45, 2.75) is 11.8 Å². The second-order valence-electron chi connectivity index (χ2n) is 6.22. The van der Waals surface area contributed by atoms with Crippen LogP contribution in [0.3, 0.4) is 0 Å². The number of anilines is 1. The van der Waals surface area contributed by atoms with Gasteiger partial charge in [0, 0.05) is 37.8 Å². The Morgan fingerprint density at radius 1 is 1.00 bits per heavy atom. The van der Waals surface area contributed by atoms with Crippen molar-refractivity contribution in [1.29, 1.82) is 0 Å². The van der Waals surface area contributed by atoms with Gasteiger partial charge in [-0.3, -0.25) is 14.9 Å². The maximum Gasteiger partial charge on any atom is 0.292 e. The van der Waals surface area contributed by atoms with Crippen LogP contribution in [0.25, 0.3) is 0 Å². The van der Waals surface area contributed by atoms with Crippen LogP contribution in [0.4, 0.5) is 11.4 Å². The van der Waals surface area contributed by atoms with E-state index < -0.39 is 14.9 Å². The van der Waals surface area contributed by atoms with Crippen LogP contribution in [0.2, 0.25) is 0 Å². The van der Waals surface area contributed by atoms with Crippen LogP contribution in [0, 0.1) is 10.1 Å². The fourth-order valence-electron chi connectivity index (χ4n) is 3.07. The SMILES string of the molecule is CC(=O)c1ccc(S(=O)(=O)N2CCN(c3ccccc3[N+](=O)[O-])CC2)cc1. The van der Waals surface area contributed by atoms with Crippen LogP contribution in [-0.2, 0) is 10.0 Å². The lowest BCUT2D eigenvalue weighted by Gasteiger charge is -2.35. The van der Waals surface area contributed by atoms with Gasteiger partial charge in [-0.15, -0.1) is 0 Å². The summed E-state index contributed by atoms with van der Waals surface area (Å²) in [6.07, 6.45) is 0. The minimum Gasteiger partial charge on any atom is -0.363 e. The van der Waals surface area contributed by atoms with E-state index in [1.165, 1.54) is 41.6 Å². The average Bonchev–Trinajstić information content (AvgIpc) is 2.68. The van der Waals surface area contributed by atoms with Gasteiger partial charge in [0.15, 0.2) is 5.78 Å². The molecule has 0 N–H and O–H groups in total. The summed E-state index contributed by atoms with van der Waals surface area (Å²) in [6.45, 7) is 2.59. The Balaban J connectivity index is 1.75. The standard InChI is InChI=1S/C18H19N3O5S/c1-14(22)15-6-8-16(9-7-15)27(25,26)20-12-10-19(11-13-20)17-4-2-3-5-18(17)21(23)24/h2-9H,10-13H2,1H3. The lowest BCUT2D eigenvalue weighted by atomic mass is 10.2. The van der Waals surface area contributed by atoms with Crippen LogP contribution in [-0.4, -0.2) is 49.6 Å². The first-order valence-electron chi connectivity index (χ1n) is 8.40. The summed E-state index contributed by atoms with van der Waals surface area (Å²) in [4.78, 5) is 24.1. The summed E-state index contributed by atoms with van der Waals surface area (Å²) in [7, 11) is -3.68. The molecule has 0 aromatic heterocycles. The minimum atomic E-state index is -3.68. The Hall–Kier alpha value is -2.78. The number of rotatable bonds is 5. The van der Waals surface area contributed by atoms with Gasteiger partial charge < -0.3 is 4.90 Å². The van der Waals surface area contributed by atoms with Crippen molar-refractivity contribution in [2.24, 2.45) is 0 Å². The molecule has 0 radical (unpaired) electrons. The number of carbonyl (C=O) groups is 1. The number of carbonyl (C=O) groups excluding carboxylic acids is 1. The molecular weight excluding hydrogens is 370 g/mol. The highest BCUT2D eigenvalue weighted by Crippen LogP contribution is 2.29. The number of sulfonamides is 1. The van der Waals surface area contributed by atoms with E-state index in [-0.39, 0.29) is 29.5 Å². The third kappa shape index (κ3) is 3.83. The van der Waals surface area contributed by atoms with Crippen molar-refractivity contribution in [3.05, 3.63) is 64.2 Å². The van der Waals surface area contributed by atoms with E-state index in [0.717, 1.165) is 0 Å². The number of nitro groups is 1. The van der Waals surface area contributed by atoms with E-state index in [0.29, 0.717) is 24.3 Å². The van der Waals surface area contributed by atoms with Gasteiger partial charge in [-0.25, -0.2) is 8.42 Å². The van der Waals surface area contributed by atoms with Crippen LogP contribution >= 0.6 is 0 Å². The molecule has 0 unspecified atom stereocenters. The summed E-state index contributed by atoms with van der Waals surface area (Å²) in [6, 6.07) is 12.3. The molecule has 0 aliphatic carbocycles. The molecule has 1 saturated heterocycles. The van der Waals surface area contributed by atoms with E-state index in [1.807, 2.05) is 4.90 Å². The van der Waals surface area contributed by atoms with Crippen molar-refractivity contribution in [3.63, 3.8) is 0 Å². The van der Waals surface area contributed by atoms with Gasteiger partial charge in [-0.05, 0) is 25.1 Å². The first-order valence-corrected chi connectivity index (χ1v) is 9.84. The van der Waals surface area contributed by atoms with Crippen molar-refractivity contribution >= 4 is 27.2 Å². The zero-order valence-electron chi connectivity index (χ0n) is 14.7. The molecule has 3 rings (SSSR count). The summed E-state index contributed by atoms with van der Waals surface area (Å²) < 4.78 is 27.0. The zero-order valence-corrected chi connectivity index (χ0v) is 15.6. The fourth-order valence-corrected chi connectivity index (χ4v) is 4.49.